The van der Waals surface area contributed by atoms with E-state index in [1.54, 1.807) is 0 Å². The number of ether oxygens (including phenoxy) is 1. The lowest BCUT2D eigenvalue weighted by Crippen LogP contribution is -2.52. The van der Waals surface area contributed by atoms with Crippen molar-refractivity contribution in [3.8, 4) is 5.75 Å². The number of nitrogens with zero attached hydrogens (tertiary/aromatic N) is 1. The second-order valence-corrected chi connectivity index (χ2v) is 6.70. The van der Waals surface area contributed by atoms with Gasteiger partial charge in [0.25, 0.3) is 0 Å². The zero-order valence-electron chi connectivity index (χ0n) is 14.1. The highest BCUT2D eigenvalue weighted by molar-refractivity contribution is 5.73. The first-order valence-corrected chi connectivity index (χ1v) is 8.45. The van der Waals surface area contributed by atoms with Gasteiger partial charge in [-0.05, 0) is 51.0 Å². The second-order valence-electron chi connectivity index (χ2n) is 6.70. The molecule has 1 aliphatic heterocycles. The SMILES string of the molecule is CC1(C)CNc2ccccc2N1CCCCOc1ccccc1. The number of benzene rings is 2. The third-order valence-corrected chi connectivity index (χ3v) is 4.42. The normalized spacial score (nSPS) is 15.7. The van der Waals surface area contributed by atoms with Crippen LogP contribution in [0.3, 0.4) is 0 Å². The summed E-state index contributed by atoms with van der Waals surface area (Å²) in [6.45, 7) is 7.42. The lowest BCUT2D eigenvalue weighted by atomic mass is 9.97. The molecule has 0 bridgehead atoms. The number of anilines is 2. The number of hydrogen-bond donors (Lipinski definition) is 1. The van der Waals surface area contributed by atoms with E-state index in [0.29, 0.717) is 0 Å². The molecule has 0 spiro atoms. The van der Waals surface area contributed by atoms with Gasteiger partial charge in [0, 0.05) is 13.1 Å². The summed E-state index contributed by atoms with van der Waals surface area (Å²) in [5.41, 5.74) is 2.69. The molecule has 3 nitrogen and oxygen atoms in total. The zero-order chi connectivity index (χ0) is 16.1. The topological polar surface area (TPSA) is 24.5 Å². The highest BCUT2D eigenvalue weighted by atomic mass is 16.5. The molecule has 0 atom stereocenters. The van der Waals surface area contributed by atoms with Crippen molar-refractivity contribution in [3.05, 3.63) is 54.6 Å². The van der Waals surface area contributed by atoms with Gasteiger partial charge in [0.05, 0.1) is 23.5 Å². The Labute approximate surface area is 139 Å². The smallest absolute Gasteiger partial charge is 0.119 e. The molecule has 1 heterocycles. The fourth-order valence-electron chi connectivity index (χ4n) is 3.09. The first-order chi connectivity index (χ1) is 11.2. The summed E-state index contributed by atoms with van der Waals surface area (Å²) in [5.74, 6) is 0.959. The van der Waals surface area contributed by atoms with Crippen LogP contribution in [0.1, 0.15) is 26.7 Å². The Balaban J connectivity index is 1.53. The number of hydrogen-bond acceptors (Lipinski definition) is 3. The zero-order valence-corrected chi connectivity index (χ0v) is 14.1. The van der Waals surface area contributed by atoms with Crippen molar-refractivity contribution >= 4 is 11.4 Å². The molecule has 0 aliphatic carbocycles. The van der Waals surface area contributed by atoms with Gasteiger partial charge < -0.3 is 15.0 Å². The summed E-state index contributed by atoms with van der Waals surface area (Å²) in [5, 5.41) is 3.54. The van der Waals surface area contributed by atoms with Crippen molar-refractivity contribution < 1.29 is 4.74 Å². The fourth-order valence-corrected chi connectivity index (χ4v) is 3.09. The van der Waals surface area contributed by atoms with Crippen molar-refractivity contribution in [2.75, 3.05) is 29.9 Å². The van der Waals surface area contributed by atoms with Gasteiger partial charge in [0.2, 0.25) is 0 Å². The van der Waals surface area contributed by atoms with Crippen LogP contribution in [-0.2, 0) is 0 Å². The molecule has 0 radical (unpaired) electrons. The Kier molecular flexibility index (Phi) is 4.75. The van der Waals surface area contributed by atoms with Crippen LogP contribution >= 0.6 is 0 Å². The highest BCUT2D eigenvalue weighted by Gasteiger charge is 2.31. The van der Waals surface area contributed by atoms with E-state index in [9.17, 15) is 0 Å². The molecule has 1 N–H and O–H groups in total. The quantitative estimate of drug-likeness (QED) is 0.792. The van der Waals surface area contributed by atoms with E-state index in [0.717, 1.165) is 38.3 Å². The summed E-state index contributed by atoms with van der Waals surface area (Å²) >= 11 is 0. The minimum absolute atomic E-state index is 0.134. The van der Waals surface area contributed by atoms with Gasteiger partial charge >= 0.3 is 0 Å². The van der Waals surface area contributed by atoms with Crippen LogP contribution in [0.5, 0.6) is 5.75 Å². The molecule has 0 aromatic heterocycles. The van der Waals surface area contributed by atoms with Gasteiger partial charge in [-0.25, -0.2) is 0 Å². The molecule has 0 amide bonds. The molecular formula is C20H26N2O. The Hall–Kier alpha value is -2.16. The molecular weight excluding hydrogens is 284 g/mol. The van der Waals surface area contributed by atoms with E-state index in [-0.39, 0.29) is 5.54 Å². The number of nitrogens with one attached hydrogen (secondary N) is 1. The predicted molar refractivity (Wildman–Crippen MR) is 97.5 cm³/mol. The Morgan fingerprint density at radius 2 is 1.74 bits per heavy atom. The third-order valence-electron chi connectivity index (χ3n) is 4.42. The van der Waals surface area contributed by atoms with Crippen LogP contribution in [0.25, 0.3) is 0 Å². The van der Waals surface area contributed by atoms with Crippen LogP contribution in [0, 0.1) is 0 Å². The molecule has 23 heavy (non-hydrogen) atoms. The monoisotopic (exact) mass is 310 g/mol. The van der Waals surface area contributed by atoms with Crippen molar-refractivity contribution in [2.24, 2.45) is 0 Å². The Morgan fingerprint density at radius 3 is 2.57 bits per heavy atom. The molecule has 2 aromatic rings. The average molecular weight is 310 g/mol. The maximum Gasteiger partial charge on any atom is 0.119 e. The van der Waals surface area contributed by atoms with E-state index in [1.807, 2.05) is 30.3 Å². The summed E-state index contributed by atoms with van der Waals surface area (Å²) in [7, 11) is 0. The van der Waals surface area contributed by atoms with Gasteiger partial charge in [-0.3, -0.25) is 0 Å². The summed E-state index contributed by atoms with van der Waals surface area (Å²) in [6, 6.07) is 18.6. The number of para-hydroxylation sites is 3. The molecule has 0 unspecified atom stereocenters. The van der Waals surface area contributed by atoms with Gasteiger partial charge in [-0.2, -0.15) is 0 Å². The van der Waals surface area contributed by atoms with Crippen molar-refractivity contribution in [2.45, 2.75) is 32.2 Å². The van der Waals surface area contributed by atoms with E-state index >= 15 is 0 Å². The highest BCUT2D eigenvalue weighted by Crippen LogP contribution is 2.35. The van der Waals surface area contributed by atoms with Crippen LogP contribution in [0.2, 0.25) is 0 Å². The molecule has 0 saturated heterocycles. The minimum atomic E-state index is 0.134. The van der Waals surface area contributed by atoms with E-state index in [4.69, 9.17) is 4.74 Å². The maximum absolute atomic E-state index is 5.79. The first-order valence-electron chi connectivity index (χ1n) is 8.45. The molecule has 0 fully saturated rings. The molecule has 0 saturated carbocycles. The number of unbranched alkanes of at least 4 members (excludes halogenated alkanes) is 1. The lowest BCUT2D eigenvalue weighted by Gasteiger charge is -2.45. The van der Waals surface area contributed by atoms with Gasteiger partial charge in [-0.15, -0.1) is 0 Å². The average Bonchev–Trinajstić information content (AvgIpc) is 2.57. The molecule has 3 rings (SSSR count). The van der Waals surface area contributed by atoms with E-state index < -0.39 is 0 Å². The molecule has 2 aromatic carbocycles. The number of fused-ring (bicyclic) bond motifs is 1. The maximum atomic E-state index is 5.79. The van der Waals surface area contributed by atoms with Gasteiger partial charge in [-0.1, -0.05) is 30.3 Å². The van der Waals surface area contributed by atoms with E-state index in [2.05, 4.69) is 48.3 Å². The standard InChI is InChI=1S/C20H26N2O/c1-20(2)16-21-18-12-6-7-13-19(18)22(20)14-8-9-15-23-17-10-4-3-5-11-17/h3-7,10-13,21H,8-9,14-16H2,1-2H3. The summed E-state index contributed by atoms with van der Waals surface area (Å²) < 4.78 is 5.79. The third kappa shape index (κ3) is 3.79. The molecule has 3 heteroatoms. The summed E-state index contributed by atoms with van der Waals surface area (Å²) in [4.78, 5) is 2.53. The molecule has 1 aliphatic rings. The van der Waals surface area contributed by atoms with Crippen LogP contribution in [0.4, 0.5) is 11.4 Å². The second kappa shape index (κ2) is 6.95. The van der Waals surface area contributed by atoms with Crippen molar-refractivity contribution in [1.82, 2.24) is 0 Å². The predicted octanol–water partition coefficient (Wildman–Crippen LogP) is 4.56. The van der Waals surface area contributed by atoms with Crippen LogP contribution < -0.4 is 15.0 Å². The number of rotatable bonds is 6. The Bertz CT molecular complexity index is 625. The summed E-state index contributed by atoms with van der Waals surface area (Å²) in [6.07, 6.45) is 2.20. The Morgan fingerprint density at radius 1 is 1.00 bits per heavy atom. The molecule has 122 valence electrons. The van der Waals surface area contributed by atoms with Crippen molar-refractivity contribution in [3.63, 3.8) is 0 Å². The van der Waals surface area contributed by atoms with E-state index in [1.165, 1.54) is 11.4 Å². The van der Waals surface area contributed by atoms with Gasteiger partial charge in [0.15, 0.2) is 0 Å². The van der Waals surface area contributed by atoms with Gasteiger partial charge in [0.1, 0.15) is 5.75 Å². The lowest BCUT2D eigenvalue weighted by molar-refractivity contribution is 0.305. The minimum Gasteiger partial charge on any atom is -0.494 e. The van der Waals surface area contributed by atoms with Crippen LogP contribution in [-0.4, -0.2) is 25.2 Å². The largest absolute Gasteiger partial charge is 0.494 e. The fraction of sp³-hybridized carbons (Fsp3) is 0.400. The van der Waals surface area contributed by atoms with Crippen molar-refractivity contribution in [1.29, 1.82) is 0 Å². The van der Waals surface area contributed by atoms with Crippen LogP contribution in [0.15, 0.2) is 54.6 Å². The first kappa shape index (κ1) is 15.7.